The van der Waals surface area contributed by atoms with Crippen LogP contribution in [0.3, 0.4) is 0 Å². The van der Waals surface area contributed by atoms with Crippen LogP contribution < -0.4 is 0 Å². The molecule has 0 spiro atoms. The molecule has 0 radical (unpaired) electrons. The lowest BCUT2D eigenvalue weighted by molar-refractivity contribution is 0.661. The van der Waals surface area contributed by atoms with Gasteiger partial charge in [-0.25, -0.2) is 0 Å². The topological polar surface area (TPSA) is 13.1 Å². The van der Waals surface area contributed by atoms with Crippen LogP contribution in [0.4, 0.5) is 0 Å². The Balaban J connectivity index is 0.943. The second kappa shape index (κ2) is 13.9. The van der Waals surface area contributed by atoms with E-state index in [1.54, 1.807) is 0 Å². The molecule has 308 valence electrons. The monoisotopic (exact) mass is 838 g/mol. The molecule has 1 nitrogen and oxygen atoms in total. The highest BCUT2D eigenvalue weighted by Gasteiger charge is 2.36. The second-order valence-corrected chi connectivity index (χ2v) is 18.7. The van der Waals surface area contributed by atoms with Crippen molar-refractivity contribution in [2.45, 2.75) is 19.3 Å². The largest absolute Gasteiger partial charge is 0.456 e. The van der Waals surface area contributed by atoms with Crippen LogP contribution in [0.1, 0.15) is 25.0 Å². The van der Waals surface area contributed by atoms with Gasteiger partial charge < -0.3 is 4.42 Å². The average molecular weight is 839 g/mol. The summed E-state index contributed by atoms with van der Waals surface area (Å²) >= 11 is 0. The summed E-state index contributed by atoms with van der Waals surface area (Å²) in [4.78, 5) is 0. The fourth-order valence-corrected chi connectivity index (χ4v) is 11.7. The smallest absolute Gasteiger partial charge is 0.135 e. The van der Waals surface area contributed by atoms with E-state index >= 15 is 0 Å². The lowest BCUT2D eigenvalue weighted by Gasteiger charge is -2.22. The van der Waals surface area contributed by atoms with Gasteiger partial charge in [-0.15, -0.1) is 0 Å². The normalized spacial score (nSPS) is 13.1. The maximum absolute atomic E-state index is 6.59. The Labute approximate surface area is 382 Å². The first-order valence-electron chi connectivity index (χ1n) is 23.1. The van der Waals surface area contributed by atoms with Crippen molar-refractivity contribution in [2.75, 3.05) is 0 Å². The molecule has 0 fully saturated rings. The molecule has 1 heteroatoms. The minimum Gasteiger partial charge on any atom is -0.456 e. The molecule has 0 saturated heterocycles. The van der Waals surface area contributed by atoms with E-state index in [1.807, 2.05) is 0 Å². The van der Waals surface area contributed by atoms with Gasteiger partial charge in [-0.05, 0) is 169 Å². The Hall–Kier alpha value is -8.26. The fraction of sp³-hybridized carbons (Fsp3) is 0.0462. The van der Waals surface area contributed by atoms with Crippen molar-refractivity contribution in [1.82, 2.24) is 0 Å². The Bertz CT molecular complexity index is 4140. The van der Waals surface area contributed by atoms with Crippen molar-refractivity contribution in [3.05, 3.63) is 230 Å². The maximum Gasteiger partial charge on any atom is 0.135 e. The molecule has 66 heavy (non-hydrogen) atoms. The van der Waals surface area contributed by atoms with E-state index < -0.39 is 0 Å². The van der Waals surface area contributed by atoms with Gasteiger partial charge in [-0.2, -0.15) is 0 Å². The predicted octanol–water partition coefficient (Wildman–Crippen LogP) is 18.3. The van der Waals surface area contributed by atoms with Crippen molar-refractivity contribution in [3.8, 4) is 55.6 Å². The standard InChI is InChI=1S/C65H42O/c1-65(2)59-30-27-41(34-55(59)56-33-39-15-3-4-16-40(39)38-60(56)65)42-28-31-61-57(35-42)58-37-44(29-32-62(58)66-61)63-50-23-11-13-25-52(50)64(53-26-14-12-24-51(53)63)49-22-10-9-21-48(49)54-36-43-17-5-6-18-45(43)46-19-7-8-20-47(46)54/h3-38H,1-2H3. The quantitative estimate of drug-likeness (QED) is 0.127. The van der Waals surface area contributed by atoms with Gasteiger partial charge in [0, 0.05) is 16.2 Å². The Morgan fingerprint density at radius 3 is 1.44 bits per heavy atom. The fourth-order valence-electron chi connectivity index (χ4n) is 11.7. The minimum absolute atomic E-state index is 0.0730. The van der Waals surface area contributed by atoms with E-state index in [4.69, 9.17) is 4.42 Å². The van der Waals surface area contributed by atoms with Gasteiger partial charge in [0.25, 0.3) is 0 Å². The van der Waals surface area contributed by atoms with E-state index in [0.717, 1.165) is 21.9 Å². The number of fused-ring (bicyclic) bond motifs is 12. The summed E-state index contributed by atoms with van der Waals surface area (Å²) in [6, 6.07) is 81.0. The molecule has 0 saturated carbocycles. The van der Waals surface area contributed by atoms with Crippen LogP contribution in [-0.4, -0.2) is 0 Å². The van der Waals surface area contributed by atoms with E-state index in [9.17, 15) is 0 Å². The van der Waals surface area contributed by atoms with Crippen LogP contribution in [-0.2, 0) is 5.41 Å². The third kappa shape index (κ3) is 5.35. The van der Waals surface area contributed by atoms with Crippen molar-refractivity contribution in [2.24, 2.45) is 0 Å². The summed E-state index contributed by atoms with van der Waals surface area (Å²) < 4.78 is 6.59. The number of hydrogen-bond donors (Lipinski definition) is 0. The number of hydrogen-bond acceptors (Lipinski definition) is 1. The molecule has 0 aliphatic heterocycles. The molecule has 0 bridgehead atoms. The molecule has 1 aliphatic carbocycles. The van der Waals surface area contributed by atoms with Crippen LogP contribution >= 0.6 is 0 Å². The molecule has 12 aromatic carbocycles. The van der Waals surface area contributed by atoms with Crippen molar-refractivity contribution < 1.29 is 4.42 Å². The molecule has 1 aliphatic rings. The summed E-state index contributed by atoms with van der Waals surface area (Å²) in [5, 5.41) is 14.8. The molecular formula is C65H42O. The Morgan fingerprint density at radius 1 is 0.273 bits per heavy atom. The molecular weight excluding hydrogens is 797 g/mol. The first-order chi connectivity index (χ1) is 32.5. The molecule has 14 rings (SSSR count). The molecule has 1 aromatic heterocycles. The predicted molar refractivity (Wildman–Crippen MR) is 281 cm³/mol. The van der Waals surface area contributed by atoms with Crippen molar-refractivity contribution in [1.29, 1.82) is 0 Å². The maximum atomic E-state index is 6.59. The zero-order valence-corrected chi connectivity index (χ0v) is 36.7. The highest BCUT2D eigenvalue weighted by molar-refractivity contribution is 6.24. The zero-order valence-electron chi connectivity index (χ0n) is 36.7. The van der Waals surface area contributed by atoms with Gasteiger partial charge in [-0.1, -0.05) is 184 Å². The SMILES string of the molecule is CC1(C)c2ccc(-c3ccc4oc5ccc(-c6c7ccccc7c(-c7ccccc7-c7cc8ccccc8c8ccccc78)c7ccccc67)cc5c4c3)cc2-c2cc3ccccc3cc21. The summed E-state index contributed by atoms with van der Waals surface area (Å²) in [7, 11) is 0. The number of rotatable bonds is 4. The van der Waals surface area contributed by atoms with Gasteiger partial charge in [0.15, 0.2) is 0 Å². The molecule has 13 aromatic rings. The van der Waals surface area contributed by atoms with Crippen LogP contribution in [0.2, 0.25) is 0 Å². The highest BCUT2D eigenvalue weighted by atomic mass is 16.3. The van der Waals surface area contributed by atoms with E-state index in [2.05, 4.69) is 232 Å². The molecule has 0 amide bonds. The molecule has 0 N–H and O–H groups in total. The third-order valence-electron chi connectivity index (χ3n) is 14.8. The summed E-state index contributed by atoms with van der Waals surface area (Å²) in [5.41, 5.74) is 16.9. The average Bonchev–Trinajstić information content (AvgIpc) is 3.84. The number of furan rings is 1. The van der Waals surface area contributed by atoms with E-state index in [1.165, 1.54) is 121 Å². The first kappa shape index (κ1) is 37.1. The van der Waals surface area contributed by atoms with Gasteiger partial charge in [0.2, 0.25) is 0 Å². The number of benzene rings is 12. The second-order valence-electron chi connectivity index (χ2n) is 18.7. The van der Waals surface area contributed by atoms with Crippen molar-refractivity contribution >= 4 is 75.8 Å². The van der Waals surface area contributed by atoms with Gasteiger partial charge >= 0.3 is 0 Å². The van der Waals surface area contributed by atoms with E-state index in [-0.39, 0.29) is 5.41 Å². The summed E-state index contributed by atoms with van der Waals surface area (Å²) in [6.07, 6.45) is 0. The van der Waals surface area contributed by atoms with Crippen LogP contribution in [0, 0.1) is 0 Å². The van der Waals surface area contributed by atoms with Gasteiger partial charge in [-0.3, -0.25) is 0 Å². The third-order valence-corrected chi connectivity index (χ3v) is 14.8. The summed E-state index contributed by atoms with van der Waals surface area (Å²) in [6.45, 7) is 4.72. The Morgan fingerprint density at radius 2 is 0.742 bits per heavy atom. The van der Waals surface area contributed by atoms with E-state index in [0.29, 0.717) is 0 Å². The van der Waals surface area contributed by atoms with Crippen molar-refractivity contribution in [3.63, 3.8) is 0 Å². The zero-order chi connectivity index (χ0) is 43.7. The summed E-state index contributed by atoms with van der Waals surface area (Å²) in [5.74, 6) is 0. The molecule has 1 heterocycles. The molecule has 0 unspecified atom stereocenters. The lowest BCUT2D eigenvalue weighted by atomic mass is 9.81. The van der Waals surface area contributed by atoms with Gasteiger partial charge in [0.1, 0.15) is 11.2 Å². The minimum atomic E-state index is -0.0730. The van der Waals surface area contributed by atoms with Crippen LogP contribution in [0.5, 0.6) is 0 Å². The Kier molecular flexibility index (Phi) is 7.81. The first-order valence-corrected chi connectivity index (χ1v) is 23.1. The van der Waals surface area contributed by atoms with Gasteiger partial charge in [0.05, 0.1) is 0 Å². The lowest BCUT2D eigenvalue weighted by Crippen LogP contribution is -2.14. The molecule has 0 atom stereocenters. The van der Waals surface area contributed by atoms with Crippen LogP contribution in [0.15, 0.2) is 223 Å². The highest BCUT2D eigenvalue weighted by Crippen LogP contribution is 2.52. The van der Waals surface area contributed by atoms with Crippen LogP contribution in [0.25, 0.3) is 131 Å².